The summed E-state index contributed by atoms with van der Waals surface area (Å²) in [6.07, 6.45) is 3.61. The van der Waals surface area contributed by atoms with E-state index in [1.165, 1.54) is 25.4 Å². The Morgan fingerprint density at radius 2 is 1.75 bits per heavy atom. The number of ether oxygens (including phenoxy) is 4. The zero-order valence-corrected chi connectivity index (χ0v) is 29.4. The molecule has 0 spiro atoms. The number of hydrogen-bond acceptors (Lipinski definition) is 11. The number of carbonyl (C=O) groups is 3. The number of carbonyl (C=O) groups excluding carboxylic acids is 3. The quantitative estimate of drug-likeness (QED) is 0.140. The van der Waals surface area contributed by atoms with Crippen LogP contribution in [0, 0.1) is 0 Å². The first-order chi connectivity index (χ1) is 23.0. The van der Waals surface area contributed by atoms with E-state index in [4.69, 9.17) is 18.9 Å². The van der Waals surface area contributed by atoms with Crippen molar-refractivity contribution in [3.63, 3.8) is 0 Å². The third-order valence-electron chi connectivity index (χ3n) is 8.11. The Morgan fingerprint density at radius 3 is 2.40 bits per heavy atom. The number of nitrogens with zero attached hydrogens (tertiary/aromatic N) is 1. The minimum atomic E-state index is -0.523. The second-order valence-electron chi connectivity index (χ2n) is 11.8. The standard InChI is InChI=1S/C35H44N4O8S/c1-19(2)33-30(34(43)47-7)39-35(48-33)38-28(42)11-9-8-10-16-36-25-15-13-22-23(18-26(25)41)24(37-20(3)40)14-12-21-17-27(44-4)31(45-5)32(46-6)29(21)22/h13,15,17-19,24H,8-12,14,16H2,1-7H3,(H,36,41)(H,37,40)(H,38,39,42). The van der Waals surface area contributed by atoms with Crippen molar-refractivity contribution in [1.29, 1.82) is 0 Å². The van der Waals surface area contributed by atoms with Gasteiger partial charge in [0.2, 0.25) is 23.0 Å². The topological polar surface area (TPSA) is 154 Å². The van der Waals surface area contributed by atoms with Gasteiger partial charge in [0.1, 0.15) is 0 Å². The largest absolute Gasteiger partial charge is 0.493 e. The van der Waals surface area contributed by atoms with E-state index in [-0.39, 0.29) is 34.9 Å². The molecule has 48 heavy (non-hydrogen) atoms. The molecule has 0 saturated heterocycles. The van der Waals surface area contributed by atoms with Crippen LogP contribution in [0.15, 0.2) is 29.1 Å². The Kier molecular flexibility index (Phi) is 12.4. The summed E-state index contributed by atoms with van der Waals surface area (Å²) >= 11 is 1.28. The molecule has 0 fully saturated rings. The number of aromatic nitrogens is 1. The van der Waals surface area contributed by atoms with E-state index >= 15 is 0 Å². The smallest absolute Gasteiger partial charge is 0.357 e. The SMILES string of the molecule is COC(=O)c1nc(NC(=O)CCCCCNc2ccc3c(cc2=O)C(NC(C)=O)CCc2cc(OC)c(OC)c(OC)c2-3)sc1C(C)C. The van der Waals surface area contributed by atoms with Crippen molar-refractivity contribution in [1.82, 2.24) is 10.3 Å². The van der Waals surface area contributed by atoms with Crippen molar-refractivity contribution in [2.24, 2.45) is 0 Å². The van der Waals surface area contributed by atoms with Crippen LogP contribution >= 0.6 is 11.3 Å². The van der Waals surface area contributed by atoms with E-state index in [9.17, 15) is 19.2 Å². The van der Waals surface area contributed by atoms with Crippen molar-refractivity contribution in [3.8, 4) is 28.4 Å². The lowest BCUT2D eigenvalue weighted by Crippen LogP contribution is -2.26. The van der Waals surface area contributed by atoms with E-state index in [0.29, 0.717) is 65.9 Å². The summed E-state index contributed by atoms with van der Waals surface area (Å²) < 4.78 is 21.9. The van der Waals surface area contributed by atoms with Crippen LogP contribution in [0.3, 0.4) is 0 Å². The van der Waals surface area contributed by atoms with Crippen LogP contribution < -0.4 is 35.6 Å². The fraction of sp³-hybridized carbons (Fsp3) is 0.457. The van der Waals surface area contributed by atoms with E-state index in [0.717, 1.165) is 34.4 Å². The normalized spacial score (nSPS) is 13.5. The first-order valence-corrected chi connectivity index (χ1v) is 16.7. The number of methoxy groups -OCH3 is 4. The Balaban J connectivity index is 1.45. The summed E-state index contributed by atoms with van der Waals surface area (Å²) in [7, 11) is 5.98. The van der Waals surface area contributed by atoms with Gasteiger partial charge in [-0.2, -0.15) is 0 Å². The minimum Gasteiger partial charge on any atom is -0.493 e. The first kappa shape index (κ1) is 36.2. The van der Waals surface area contributed by atoms with Gasteiger partial charge in [0.05, 0.1) is 40.2 Å². The van der Waals surface area contributed by atoms with Crippen LogP contribution in [0.2, 0.25) is 0 Å². The molecule has 1 unspecified atom stereocenters. The van der Waals surface area contributed by atoms with E-state index in [1.54, 1.807) is 33.5 Å². The molecule has 2 aromatic carbocycles. The van der Waals surface area contributed by atoms with Gasteiger partial charge in [-0.25, -0.2) is 9.78 Å². The van der Waals surface area contributed by atoms with Gasteiger partial charge >= 0.3 is 5.97 Å². The summed E-state index contributed by atoms with van der Waals surface area (Å²) in [4.78, 5) is 55.3. The third-order valence-corrected chi connectivity index (χ3v) is 9.39. The predicted octanol–water partition coefficient (Wildman–Crippen LogP) is 5.84. The number of nitrogens with one attached hydrogen (secondary N) is 3. The van der Waals surface area contributed by atoms with E-state index < -0.39 is 5.97 Å². The minimum absolute atomic E-state index is 0.0658. The van der Waals surface area contributed by atoms with Crippen LogP contribution in [0.4, 0.5) is 10.8 Å². The summed E-state index contributed by atoms with van der Waals surface area (Å²) in [5, 5.41) is 9.44. The lowest BCUT2D eigenvalue weighted by atomic mass is 9.95. The van der Waals surface area contributed by atoms with Gasteiger partial charge in [0, 0.05) is 30.3 Å². The zero-order chi connectivity index (χ0) is 35.0. The maximum atomic E-state index is 13.5. The number of rotatable bonds is 14. The molecule has 13 heteroatoms. The molecular formula is C35H44N4O8S. The summed E-state index contributed by atoms with van der Waals surface area (Å²) in [6, 6.07) is 6.75. The van der Waals surface area contributed by atoms with Gasteiger partial charge < -0.3 is 34.9 Å². The Morgan fingerprint density at radius 1 is 1.00 bits per heavy atom. The molecule has 1 aliphatic rings. The van der Waals surface area contributed by atoms with Gasteiger partial charge in [-0.3, -0.25) is 14.4 Å². The number of unbranched alkanes of at least 4 members (excludes halogenated alkanes) is 2. The van der Waals surface area contributed by atoms with E-state index in [1.807, 2.05) is 26.0 Å². The number of esters is 1. The molecule has 1 aliphatic carbocycles. The molecule has 4 rings (SSSR count). The zero-order valence-electron chi connectivity index (χ0n) is 28.5. The molecule has 1 aromatic heterocycles. The van der Waals surface area contributed by atoms with Gasteiger partial charge in [-0.1, -0.05) is 26.3 Å². The van der Waals surface area contributed by atoms with Crippen molar-refractivity contribution < 1.29 is 33.3 Å². The maximum absolute atomic E-state index is 13.5. The Bertz CT molecular complexity index is 1720. The van der Waals surface area contributed by atoms with Gasteiger partial charge in [0.25, 0.3) is 0 Å². The Hall–Kier alpha value is -4.65. The van der Waals surface area contributed by atoms with Gasteiger partial charge in [-0.05, 0) is 66.5 Å². The average Bonchev–Trinajstić information content (AvgIpc) is 3.35. The number of anilines is 2. The molecule has 0 radical (unpaired) electrons. The fourth-order valence-corrected chi connectivity index (χ4v) is 6.84. The monoisotopic (exact) mass is 680 g/mol. The van der Waals surface area contributed by atoms with Crippen LogP contribution in [0.25, 0.3) is 11.1 Å². The summed E-state index contributed by atoms with van der Waals surface area (Å²) in [5.41, 5.74) is 3.65. The van der Waals surface area contributed by atoms with Crippen molar-refractivity contribution in [2.75, 3.05) is 45.6 Å². The van der Waals surface area contributed by atoms with E-state index in [2.05, 4.69) is 20.9 Å². The number of thiazole rings is 1. The van der Waals surface area contributed by atoms with Crippen LogP contribution in [0.5, 0.6) is 17.2 Å². The highest BCUT2D eigenvalue weighted by Crippen LogP contribution is 2.50. The molecule has 3 N–H and O–H groups in total. The second-order valence-corrected chi connectivity index (χ2v) is 12.8. The van der Waals surface area contributed by atoms with Crippen molar-refractivity contribution in [2.45, 2.75) is 71.3 Å². The molecule has 12 nitrogen and oxygen atoms in total. The molecule has 0 bridgehead atoms. The highest BCUT2D eigenvalue weighted by molar-refractivity contribution is 7.16. The number of fused-ring (bicyclic) bond motifs is 3. The molecule has 3 aromatic rings. The van der Waals surface area contributed by atoms with Gasteiger partial charge in [-0.15, -0.1) is 11.3 Å². The molecule has 1 atom stereocenters. The van der Waals surface area contributed by atoms with Crippen molar-refractivity contribution in [3.05, 3.63) is 56.2 Å². The van der Waals surface area contributed by atoms with Crippen LogP contribution in [-0.2, 0) is 20.7 Å². The third kappa shape index (κ3) is 8.25. The molecule has 2 amide bonds. The molecular weight excluding hydrogens is 636 g/mol. The number of hydrogen-bond donors (Lipinski definition) is 3. The maximum Gasteiger partial charge on any atom is 0.357 e. The fourth-order valence-electron chi connectivity index (χ4n) is 5.87. The average molecular weight is 681 g/mol. The van der Waals surface area contributed by atoms with Crippen molar-refractivity contribution >= 4 is 39.9 Å². The molecule has 0 saturated carbocycles. The second kappa shape index (κ2) is 16.4. The molecule has 258 valence electrons. The van der Waals surface area contributed by atoms with Gasteiger partial charge in [0.15, 0.2) is 22.3 Å². The molecule has 0 aliphatic heterocycles. The number of amides is 2. The number of aryl methyl sites for hydroxylation is 1. The summed E-state index contributed by atoms with van der Waals surface area (Å²) in [5.74, 6) is 0.646. The highest BCUT2D eigenvalue weighted by Gasteiger charge is 2.29. The van der Waals surface area contributed by atoms with Crippen LogP contribution in [0.1, 0.15) is 91.3 Å². The Labute approximate surface area is 284 Å². The van der Waals surface area contributed by atoms with Crippen LogP contribution in [-0.4, -0.2) is 57.8 Å². The molecule has 1 heterocycles. The lowest BCUT2D eigenvalue weighted by molar-refractivity contribution is -0.119. The lowest BCUT2D eigenvalue weighted by Gasteiger charge is -2.19. The summed E-state index contributed by atoms with van der Waals surface area (Å²) in [6.45, 7) is 5.89. The predicted molar refractivity (Wildman–Crippen MR) is 186 cm³/mol. The highest BCUT2D eigenvalue weighted by atomic mass is 32.1. The number of benzene rings is 1. The first-order valence-electron chi connectivity index (χ1n) is 15.9.